The van der Waals surface area contributed by atoms with Gasteiger partial charge in [0.15, 0.2) is 0 Å². The van der Waals surface area contributed by atoms with Crippen molar-refractivity contribution in [2.45, 2.75) is 52.1 Å². The second kappa shape index (κ2) is 6.41. The highest BCUT2D eigenvalue weighted by Crippen LogP contribution is 2.37. The smallest absolute Gasteiger partial charge is 0.419 e. The van der Waals surface area contributed by atoms with E-state index >= 15 is 0 Å². The van der Waals surface area contributed by atoms with E-state index in [1.54, 1.807) is 4.57 Å². The summed E-state index contributed by atoms with van der Waals surface area (Å²) in [6.45, 7) is 9.10. The molecule has 0 unspecified atom stereocenters. The molecule has 4 nitrogen and oxygen atoms in total. The molecule has 0 amide bonds. The standard InChI is InChI=1S/C19H24ClNO3/c1-12-11-21(18(22)24-19(2,3)4)17-15(12)9-14(20)10-16(17)13-5-7-23-8-6-13/h9-11,13H,5-8H2,1-4H3. The molecular formula is C19H24ClNO3. The Morgan fingerprint density at radius 2 is 1.96 bits per heavy atom. The maximum Gasteiger partial charge on any atom is 0.419 e. The SMILES string of the molecule is Cc1cn(C(=O)OC(C)(C)C)c2c(C3CCOCC3)cc(Cl)cc12. The van der Waals surface area contributed by atoms with Crippen LogP contribution in [0.3, 0.4) is 0 Å². The minimum atomic E-state index is -0.535. The van der Waals surface area contributed by atoms with Crippen LogP contribution in [0.25, 0.3) is 10.9 Å². The van der Waals surface area contributed by atoms with Crippen molar-refractivity contribution in [3.05, 3.63) is 34.5 Å². The van der Waals surface area contributed by atoms with Gasteiger partial charge < -0.3 is 9.47 Å². The Kier molecular flexibility index (Phi) is 4.63. The summed E-state index contributed by atoms with van der Waals surface area (Å²) in [6.07, 6.45) is 3.37. The van der Waals surface area contributed by atoms with Crippen LogP contribution in [0.1, 0.15) is 50.7 Å². The maximum atomic E-state index is 12.7. The summed E-state index contributed by atoms with van der Waals surface area (Å²) >= 11 is 6.35. The predicted octanol–water partition coefficient (Wildman–Crippen LogP) is 5.28. The Labute approximate surface area is 147 Å². The topological polar surface area (TPSA) is 40.5 Å². The summed E-state index contributed by atoms with van der Waals surface area (Å²) in [5, 5.41) is 1.71. The molecule has 1 fully saturated rings. The molecular weight excluding hydrogens is 326 g/mol. The van der Waals surface area contributed by atoms with Crippen LogP contribution < -0.4 is 0 Å². The van der Waals surface area contributed by atoms with Crippen molar-refractivity contribution in [2.24, 2.45) is 0 Å². The molecule has 1 aromatic carbocycles. The third-order valence-corrected chi connectivity index (χ3v) is 4.56. The second-order valence-corrected chi connectivity index (χ2v) is 7.88. The van der Waals surface area contributed by atoms with E-state index in [4.69, 9.17) is 21.1 Å². The van der Waals surface area contributed by atoms with Gasteiger partial charge in [0, 0.05) is 29.8 Å². The molecule has 0 atom stereocenters. The number of carbonyl (C=O) groups excluding carboxylic acids is 1. The molecule has 0 N–H and O–H groups in total. The molecule has 0 aliphatic carbocycles. The first kappa shape index (κ1) is 17.3. The Bertz CT molecular complexity index is 767. The Hall–Kier alpha value is -1.52. The highest BCUT2D eigenvalue weighted by atomic mass is 35.5. The maximum absolute atomic E-state index is 12.7. The molecule has 2 aromatic rings. The average molecular weight is 350 g/mol. The van der Waals surface area contributed by atoms with Gasteiger partial charge in [-0.05, 0) is 69.7 Å². The van der Waals surface area contributed by atoms with Crippen LogP contribution in [0, 0.1) is 6.92 Å². The molecule has 1 aromatic heterocycles. The van der Waals surface area contributed by atoms with Crippen molar-refractivity contribution in [3.63, 3.8) is 0 Å². The van der Waals surface area contributed by atoms with E-state index in [-0.39, 0.29) is 6.09 Å². The number of nitrogens with zero attached hydrogens (tertiary/aromatic N) is 1. The van der Waals surface area contributed by atoms with E-state index in [9.17, 15) is 4.79 Å². The van der Waals surface area contributed by atoms with E-state index in [0.29, 0.717) is 10.9 Å². The number of halogens is 1. The lowest BCUT2D eigenvalue weighted by atomic mass is 9.90. The highest BCUT2D eigenvalue weighted by molar-refractivity contribution is 6.31. The van der Waals surface area contributed by atoms with Crippen molar-refractivity contribution in [1.82, 2.24) is 4.57 Å². The molecule has 0 radical (unpaired) electrons. The van der Waals surface area contributed by atoms with Gasteiger partial charge in [0.25, 0.3) is 0 Å². The summed E-state index contributed by atoms with van der Waals surface area (Å²) in [5.41, 5.74) is 2.51. The Morgan fingerprint density at radius 3 is 2.58 bits per heavy atom. The molecule has 3 rings (SSSR count). The monoisotopic (exact) mass is 349 g/mol. The lowest BCUT2D eigenvalue weighted by Crippen LogP contribution is -2.27. The first-order valence-corrected chi connectivity index (χ1v) is 8.76. The highest BCUT2D eigenvalue weighted by Gasteiger charge is 2.25. The minimum absolute atomic E-state index is 0.343. The van der Waals surface area contributed by atoms with Crippen molar-refractivity contribution < 1.29 is 14.3 Å². The van der Waals surface area contributed by atoms with Gasteiger partial charge in [-0.3, -0.25) is 4.57 Å². The summed E-state index contributed by atoms with van der Waals surface area (Å²) in [5.74, 6) is 0.343. The van der Waals surface area contributed by atoms with Crippen LogP contribution in [-0.4, -0.2) is 29.5 Å². The van der Waals surface area contributed by atoms with Crippen LogP contribution >= 0.6 is 11.6 Å². The normalized spacial score (nSPS) is 16.5. The van der Waals surface area contributed by atoms with Crippen LogP contribution in [0.2, 0.25) is 5.02 Å². The number of benzene rings is 1. The number of rotatable bonds is 1. The molecule has 1 saturated heterocycles. The summed E-state index contributed by atoms with van der Waals surface area (Å²) in [4.78, 5) is 12.7. The molecule has 0 saturated carbocycles. The zero-order valence-corrected chi connectivity index (χ0v) is 15.4. The van der Waals surface area contributed by atoms with E-state index < -0.39 is 5.60 Å². The molecule has 1 aliphatic heterocycles. The third kappa shape index (κ3) is 3.45. The van der Waals surface area contributed by atoms with Gasteiger partial charge in [0.1, 0.15) is 5.60 Å². The van der Waals surface area contributed by atoms with E-state index in [2.05, 4.69) is 0 Å². The summed E-state index contributed by atoms with van der Waals surface area (Å²) in [7, 11) is 0. The largest absolute Gasteiger partial charge is 0.443 e. The van der Waals surface area contributed by atoms with Crippen molar-refractivity contribution in [1.29, 1.82) is 0 Å². The van der Waals surface area contributed by atoms with Crippen molar-refractivity contribution in [2.75, 3.05) is 13.2 Å². The number of aryl methyl sites for hydroxylation is 1. The van der Waals surface area contributed by atoms with Gasteiger partial charge in [-0.15, -0.1) is 0 Å². The molecule has 5 heteroatoms. The molecule has 0 bridgehead atoms. The zero-order valence-electron chi connectivity index (χ0n) is 14.7. The number of aromatic nitrogens is 1. The van der Waals surface area contributed by atoms with Crippen molar-refractivity contribution in [3.8, 4) is 0 Å². The molecule has 24 heavy (non-hydrogen) atoms. The van der Waals surface area contributed by atoms with Crippen LogP contribution in [0.5, 0.6) is 0 Å². The van der Waals surface area contributed by atoms with Gasteiger partial charge in [0.2, 0.25) is 0 Å². The lowest BCUT2D eigenvalue weighted by Gasteiger charge is -2.25. The van der Waals surface area contributed by atoms with Gasteiger partial charge in [-0.1, -0.05) is 11.6 Å². The van der Waals surface area contributed by atoms with Gasteiger partial charge in [-0.25, -0.2) is 4.79 Å². The number of ether oxygens (including phenoxy) is 2. The van der Waals surface area contributed by atoms with Gasteiger partial charge >= 0.3 is 6.09 Å². The van der Waals surface area contributed by atoms with Crippen molar-refractivity contribution >= 4 is 28.6 Å². The number of hydrogen-bond acceptors (Lipinski definition) is 3. The predicted molar refractivity (Wildman–Crippen MR) is 96.1 cm³/mol. The van der Waals surface area contributed by atoms with Crippen LogP contribution in [0.15, 0.2) is 18.3 Å². The van der Waals surface area contributed by atoms with E-state index in [1.165, 1.54) is 0 Å². The number of carbonyl (C=O) groups is 1. The number of fused-ring (bicyclic) bond motifs is 1. The molecule has 2 heterocycles. The van der Waals surface area contributed by atoms with Crippen LogP contribution in [0.4, 0.5) is 4.79 Å². The fourth-order valence-corrected chi connectivity index (χ4v) is 3.52. The second-order valence-electron chi connectivity index (χ2n) is 7.44. The third-order valence-electron chi connectivity index (χ3n) is 4.34. The molecule has 130 valence electrons. The van der Waals surface area contributed by atoms with E-state index in [0.717, 1.165) is 48.1 Å². The summed E-state index contributed by atoms with van der Waals surface area (Å²) < 4.78 is 12.7. The van der Waals surface area contributed by atoms with E-state index in [1.807, 2.05) is 46.0 Å². The average Bonchev–Trinajstić information content (AvgIpc) is 2.83. The summed E-state index contributed by atoms with van der Waals surface area (Å²) in [6, 6.07) is 3.91. The molecule has 0 spiro atoms. The minimum Gasteiger partial charge on any atom is -0.443 e. The molecule has 1 aliphatic rings. The quantitative estimate of drug-likeness (QED) is 0.703. The lowest BCUT2D eigenvalue weighted by molar-refractivity contribution is 0.0543. The van der Waals surface area contributed by atoms with Gasteiger partial charge in [0.05, 0.1) is 5.52 Å². The first-order valence-electron chi connectivity index (χ1n) is 8.38. The fraction of sp³-hybridized carbons (Fsp3) is 0.526. The Morgan fingerprint density at radius 1 is 1.29 bits per heavy atom. The van der Waals surface area contributed by atoms with Gasteiger partial charge in [-0.2, -0.15) is 0 Å². The Balaban J connectivity index is 2.14. The van der Waals surface area contributed by atoms with Crippen LogP contribution in [-0.2, 0) is 9.47 Å². The zero-order chi connectivity index (χ0) is 17.5. The number of hydrogen-bond donors (Lipinski definition) is 0. The first-order chi connectivity index (χ1) is 11.3. The fourth-order valence-electron chi connectivity index (χ4n) is 3.29.